The second kappa shape index (κ2) is 8.87. The number of aryl methyl sites for hydroxylation is 2. The normalized spacial score (nSPS) is 15.2. The largest absolute Gasteiger partial charge is 0.416 e. The van der Waals surface area contributed by atoms with Gasteiger partial charge >= 0.3 is 6.18 Å². The first-order valence-electron chi connectivity index (χ1n) is 9.70. The fourth-order valence-corrected chi connectivity index (χ4v) is 3.49. The van der Waals surface area contributed by atoms with E-state index in [1.54, 1.807) is 4.90 Å². The topological polar surface area (TPSA) is 52.7 Å². The third-order valence-electron chi connectivity index (χ3n) is 5.23. The van der Waals surface area contributed by atoms with E-state index in [9.17, 15) is 22.8 Å². The second-order valence-corrected chi connectivity index (χ2v) is 7.46. The van der Waals surface area contributed by atoms with Gasteiger partial charge in [0.15, 0.2) is 0 Å². The third kappa shape index (κ3) is 5.18. The fraction of sp³-hybridized carbons (Fsp3) is 0.364. The van der Waals surface area contributed by atoms with Crippen molar-refractivity contribution < 1.29 is 22.8 Å². The van der Waals surface area contributed by atoms with Crippen LogP contribution in [0.1, 0.15) is 27.0 Å². The van der Waals surface area contributed by atoms with Gasteiger partial charge in [-0.15, -0.1) is 0 Å². The van der Waals surface area contributed by atoms with Gasteiger partial charge in [-0.3, -0.25) is 14.5 Å². The van der Waals surface area contributed by atoms with Crippen LogP contribution in [0.5, 0.6) is 0 Å². The number of carbonyl (C=O) groups excluding carboxylic acids is 2. The summed E-state index contributed by atoms with van der Waals surface area (Å²) in [7, 11) is 0. The molecule has 0 aliphatic carbocycles. The molecule has 160 valence electrons. The molecule has 0 unspecified atom stereocenters. The van der Waals surface area contributed by atoms with Crippen molar-refractivity contribution >= 4 is 17.5 Å². The van der Waals surface area contributed by atoms with Crippen molar-refractivity contribution in [1.29, 1.82) is 0 Å². The second-order valence-electron chi connectivity index (χ2n) is 7.46. The minimum absolute atomic E-state index is 0.116. The first kappa shape index (κ1) is 21.8. The van der Waals surface area contributed by atoms with Gasteiger partial charge in [-0.2, -0.15) is 13.2 Å². The molecule has 1 saturated heterocycles. The van der Waals surface area contributed by atoms with Crippen molar-refractivity contribution in [3.8, 4) is 0 Å². The summed E-state index contributed by atoms with van der Waals surface area (Å²) in [4.78, 5) is 28.5. The molecule has 1 aliphatic heterocycles. The highest BCUT2D eigenvalue weighted by molar-refractivity contribution is 5.95. The lowest BCUT2D eigenvalue weighted by atomic mass is 10.1. The molecule has 5 nitrogen and oxygen atoms in total. The predicted octanol–water partition coefficient (Wildman–Crippen LogP) is 3.72. The van der Waals surface area contributed by atoms with Gasteiger partial charge in [0.1, 0.15) is 0 Å². The number of nitrogens with zero attached hydrogens (tertiary/aromatic N) is 2. The number of hydrogen-bond acceptors (Lipinski definition) is 3. The highest BCUT2D eigenvalue weighted by atomic mass is 19.4. The molecule has 0 radical (unpaired) electrons. The minimum Gasteiger partial charge on any atom is -0.336 e. The Morgan fingerprint density at radius 2 is 1.50 bits per heavy atom. The summed E-state index contributed by atoms with van der Waals surface area (Å²) in [6, 6.07) is 10.1. The number of amides is 2. The number of benzene rings is 2. The van der Waals surface area contributed by atoms with E-state index in [4.69, 9.17) is 0 Å². The number of nitrogens with one attached hydrogen (secondary N) is 1. The zero-order valence-electron chi connectivity index (χ0n) is 16.9. The van der Waals surface area contributed by atoms with Crippen molar-refractivity contribution in [2.24, 2.45) is 0 Å². The Morgan fingerprint density at radius 3 is 2.03 bits per heavy atom. The van der Waals surface area contributed by atoms with Crippen LogP contribution in [0.15, 0.2) is 42.5 Å². The summed E-state index contributed by atoms with van der Waals surface area (Å²) in [5.41, 5.74) is 2.26. The van der Waals surface area contributed by atoms with Crippen LogP contribution in [0, 0.1) is 13.8 Å². The molecule has 30 heavy (non-hydrogen) atoms. The average Bonchev–Trinajstić information content (AvgIpc) is 2.70. The molecule has 1 N–H and O–H groups in total. The Kier molecular flexibility index (Phi) is 6.45. The van der Waals surface area contributed by atoms with Crippen LogP contribution < -0.4 is 5.32 Å². The maximum absolute atomic E-state index is 12.7. The molecule has 8 heteroatoms. The molecule has 1 aliphatic rings. The highest BCUT2D eigenvalue weighted by Crippen LogP contribution is 2.29. The zero-order chi connectivity index (χ0) is 21.9. The molecule has 0 spiro atoms. The van der Waals surface area contributed by atoms with Crippen LogP contribution in [0.2, 0.25) is 0 Å². The van der Waals surface area contributed by atoms with Crippen molar-refractivity contribution in [2.45, 2.75) is 20.0 Å². The summed E-state index contributed by atoms with van der Waals surface area (Å²) in [6.45, 7) is 5.96. The maximum atomic E-state index is 12.7. The van der Waals surface area contributed by atoms with E-state index in [2.05, 4.69) is 5.32 Å². The Labute approximate surface area is 173 Å². The molecule has 1 heterocycles. The van der Waals surface area contributed by atoms with Gasteiger partial charge in [0.05, 0.1) is 12.1 Å². The first-order valence-corrected chi connectivity index (χ1v) is 9.70. The highest BCUT2D eigenvalue weighted by Gasteiger charge is 2.31. The van der Waals surface area contributed by atoms with Crippen molar-refractivity contribution in [3.05, 3.63) is 64.7 Å². The smallest absolute Gasteiger partial charge is 0.336 e. The molecule has 1 fully saturated rings. The standard InChI is InChI=1S/C22H24F3N3O2/c1-15-4-3-5-16(2)20(15)26-19(29)14-27-10-12-28(13-11-27)21(30)17-6-8-18(9-7-17)22(23,24)25/h3-9H,10-14H2,1-2H3,(H,26,29). The Morgan fingerprint density at radius 1 is 0.933 bits per heavy atom. The molecule has 2 amide bonds. The van der Waals surface area contributed by atoms with E-state index in [0.717, 1.165) is 28.9 Å². The molecule has 0 saturated carbocycles. The Bertz CT molecular complexity index is 898. The van der Waals surface area contributed by atoms with E-state index >= 15 is 0 Å². The van der Waals surface area contributed by atoms with Gasteiger partial charge in [0, 0.05) is 37.4 Å². The third-order valence-corrected chi connectivity index (χ3v) is 5.23. The SMILES string of the molecule is Cc1cccc(C)c1NC(=O)CN1CCN(C(=O)c2ccc(C(F)(F)F)cc2)CC1. The molecule has 2 aromatic carbocycles. The lowest BCUT2D eigenvalue weighted by molar-refractivity contribution is -0.137. The Hall–Kier alpha value is -2.87. The van der Waals surface area contributed by atoms with Gasteiger partial charge < -0.3 is 10.2 Å². The molecule has 0 aromatic heterocycles. The van der Waals surface area contributed by atoms with Gasteiger partial charge in [-0.25, -0.2) is 0 Å². The van der Waals surface area contributed by atoms with Crippen LogP contribution in [-0.2, 0) is 11.0 Å². The van der Waals surface area contributed by atoms with Gasteiger partial charge in [0.2, 0.25) is 5.91 Å². The van der Waals surface area contributed by atoms with E-state index in [0.29, 0.717) is 26.2 Å². The number of alkyl halides is 3. The molecule has 0 bridgehead atoms. The van der Waals surface area contributed by atoms with Crippen LogP contribution in [0.25, 0.3) is 0 Å². The van der Waals surface area contributed by atoms with Crippen LogP contribution in [-0.4, -0.2) is 54.3 Å². The van der Waals surface area contributed by atoms with Crippen LogP contribution in [0.4, 0.5) is 18.9 Å². The Balaban J connectivity index is 1.52. The molecule has 2 aromatic rings. The summed E-state index contributed by atoms with van der Waals surface area (Å²) in [5, 5.41) is 2.95. The van der Waals surface area contributed by atoms with Crippen LogP contribution >= 0.6 is 0 Å². The summed E-state index contributed by atoms with van der Waals surface area (Å²) in [6.07, 6.45) is -4.43. The zero-order valence-corrected chi connectivity index (χ0v) is 16.9. The van der Waals surface area contributed by atoms with E-state index < -0.39 is 11.7 Å². The quantitative estimate of drug-likeness (QED) is 0.822. The molecular formula is C22H24F3N3O2. The summed E-state index contributed by atoms with van der Waals surface area (Å²) < 4.78 is 38.0. The number of anilines is 1. The monoisotopic (exact) mass is 419 g/mol. The maximum Gasteiger partial charge on any atom is 0.416 e. The lowest BCUT2D eigenvalue weighted by Gasteiger charge is -2.34. The summed E-state index contributed by atoms with van der Waals surface area (Å²) >= 11 is 0. The van der Waals surface area contributed by atoms with Crippen molar-refractivity contribution in [1.82, 2.24) is 9.80 Å². The minimum atomic E-state index is -4.43. The number of halogens is 3. The molecule has 3 rings (SSSR count). The number of para-hydroxylation sites is 1. The van der Waals surface area contributed by atoms with E-state index in [1.165, 1.54) is 12.1 Å². The lowest BCUT2D eigenvalue weighted by Crippen LogP contribution is -2.50. The van der Waals surface area contributed by atoms with Crippen molar-refractivity contribution in [3.63, 3.8) is 0 Å². The van der Waals surface area contributed by atoms with Gasteiger partial charge in [0.25, 0.3) is 5.91 Å². The molecule has 0 atom stereocenters. The summed E-state index contributed by atoms with van der Waals surface area (Å²) in [5.74, 6) is -0.418. The predicted molar refractivity (Wildman–Crippen MR) is 108 cm³/mol. The van der Waals surface area contributed by atoms with E-state index in [-0.39, 0.29) is 23.9 Å². The van der Waals surface area contributed by atoms with Crippen LogP contribution in [0.3, 0.4) is 0 Å². The first-order chi connectivity index (χ1) is 14.1. The van der Waals surface area contributed by atoms with Gasteiger partial charge in [-0.05, 0) is 49.2 Å². The number of carbonyl (C=O) groups is 2. The average molecular weight is 419 g/mol. The van der Waals surface area contributed by atoms with Gasteiger partial charge in [-0.1, -0.05) is 18.2 Å². The molecular weight excluding hydrogens is 395 g/mol. The number of rotatable bonds is 4. The fourth-order valence-electron chi connectivity index (χ4n) is 3.49. The van der Waals surface area contributed by atoms with E-state index in [1.807, 2.05) is 36.9 Å². The van der Waals surface area contributed by atoms with Crippen molar-refractivity contribution in [2.75, 3.05) is 38.0 Å². The number of hydrogen-bond donors (Lipinski definition) is 1. The number of piperazine rings is 1.